The van der Waals surface area contributed by atoms with E-state index in [1.165, 1.54) is 0 Å². The summed E-state index contributed by atoms with van der Waals surface area (Å²) in [6, 6.07) is 9.99. The fourth-order valence-electron chi connectivity index (χ4n) is 1.37. The monoisotopic (exact) mass is 254 g/mol. The molecule has 88 valence electrons. The molecule has 0 heterocycles. The molecule has 0 spiro atoms. The van der Waals surface area contributed by atoms with Crippen molar-refractivity contribution in [1.82, 2.24) is 0 Å². The van der Waals surface area contributed by atoms with Crippen molar-refractivity contribution in [2.24, 2.45) is 0 Å². The predicted molar refractivity (Wildman–Crippen MR) is 62.1 cm³/mol. The van der Waals surface area contributed by atoms with E-state index in [0.29, 0.717) is 10.8 Å². The third kappa shape index (κ3) is 3.17. The molecule has 0 aliphatic rings. The van der Waals surface area contributed by atoms with E-state index in [1.807, 2.05) is 0 Å². The third-order valence-electron chi connectivity index (χ3n) is 2.20. The topological polar surface area (TPSA) is 9.23 Å². The van der Waals surface area contributed by atoms with Crippen LogP contribution in [-0.4, -0.2) is 0 Å². The fourth-order valence-corrected chi connectivity index (χ4v) is 1.55. The summed E-state index contributed by atoms with van der Waals surface area (Å²) in [5.41, 5.74) is 0.171. The summed E-state index contributed by atoms with van der Waals surface area (Å²) in [7, 11) is 0. The Bertz CT molecular complexity index is 529. The lowest BCUT2D eigenvalue weighted by Crippen LogP contribution is -1.99. The van der Waals surface area contributed by atoms with Crippen LogP contribution >= 0.6 is 11.6 Å². The van der Waals surface area contributed by atoms with Crippen molar-refractivity contribution in [3.63, 3.8) is 0 Å². The number of rotatable bonds is 3. The predicted octanol–water partition coefficient (Wildman–Crippen LogP) is 4.20. The average molecular weight is 255 g/mol. The van der Waals surface area contributed by atoms with Gasteiger partial charge in [-0.15, -0.1) is 0 Å². The number of hydrogen-bond acceptors (Lipinski definition) is 1. The maximum Gasteiger partial charge on any atom is 0.130 e. The van der Waals surface area contributed by atoms with Crippen molar-refractivity contribution < 1.29 is 13.5 Å². The van der Waals surface area contributed by atoms with Gasteiger partial charge in [0.15, 0.2) is 0 Å². The van der Waals surface area contributed by atoms with E-state index in [1.54, 1.807) is 24.3 Å². The molecule has 0 aromatic heterocycles. The molecule has 0 amide bonds. The van der Waals surface area contributed by atoms with Gasteiger partial charge < -0.3 is 4.74 Å². The minimum absolute atomic E-state index is 0.0378. The summed E-state index contributed by atoms with van der Waals surface area (Å²) in [6.45, 7) is -0.0378. The van der Waals surface area contributed by atoms with Gasteiger partial charge in [-0.25, -0.2) is 8.78 Å². The van der Waals surface area contributed by atoms with E-state index in [9.17, 15) is 8.78 Å². The van der Waals surface area contributed by atoms with Gasteiger partial charge in [0.05, 0.1) is 0 Å². The molecule has 0 radical (unpaired) electrons. The standard InChI is InChI=1S/C13H9ClF2O/c14-10-2-1-3-12(7-10)17-8-9-6-11(15)4-5-13(9)16/h1-7H,8H2. The smallest absolute Gasteiger partial charge is 0.130 e. The Morgan fingerprint density at radius 2 is 1.88 bits per heavy atom. The molecule has 0 N–H and O–H groups in total. The molecule has 0 aliphatic carbocycles. The molecule has 0 unspecified atom stereocenters. The molecule has 2 aromatic rings. The minimum Gasteiger partial charge on any atom is -0.489 e. The Morgan fingerprint density at radius 3 is 2.65 bits per heavy atom. The van der Waals surface area contributed by atoms with Crippen LogP contribution in [0.2, 0.25) is 5.02 Å². The zero-order chi connectivity index (χ0) is 12.3. The number of ether oxygens (including phenoxy) is 1. The second-order valence-corrected chi connectivity index (χ2v) is 3.92. The Morgan fingerprint density at radius 1 is 1.06 bits per heavy atom. The molecule has 0 fully saturated rings. The quantitative estimate of drug-likeness (QED) is 0.798. The summed E-state index contributed by atoms with van der Waals surface area (Å²) in [6.07, 6.45) is 0. The SMILES string of the molecule is Fc1ccc(F)c(COc2cccc(Cl)c2)c1. The first-order chi connectivity index (χ1) is 8.15. The third-order valence-corrected chi connectivity index (χ3v) is 2.43. The van der Waals surface area contributed by atoms with Crippen LogP contribution in [0.5, 0.6) is 5.75 Å². The molecule has 4 heteroatoms. The van der Waals surface area contributed by atoms with Gasteiger partial charge in [-0.05, 0) is 36.4 Å². The van der Waals surface area contributed by atoms with Crippen molar-refractivity contribution in [2.45, 2.75) is 6.61 Å². The first-order valence-corrected chi connectivity index (χ1v) is 5.35. The first-order valence-electron chi connectivity index (χ1n) is 4.97. The molecule has 0 bridgehead atoms. The Kier molecular flexibility index (Phi) is 3.59. The second-order valence-electron chi connectivity index (χ2n) is 3.48. The highest BCUT2D eigenvalue weighted by molar-refractivity contribution is 6.30. The molecular weight excluding hydrogens is 246 g/mol. The first kappa shape index (κ1) is 11.9. The van der Waals surface area contributed by atoms with E-state index in [4.69, 9.17) is 16.3 Å². The van der Waals surface area contributed by atoms with Crippen LogP contribution in [0.1, 0.15) is 5.56 Å². The van der Waals surface area contributed by atoms with Crippen molar-refractivity contribution in [1.29, 1.82) is 0 Å². The highest BCUT2D eigenvalue weighted by Gasteiger charge is 2.04. The Hall–Kier alpha value is -1.61. The van der Waals surface area contributed by atoms with E-state index in [0.717, 1.165) is 18.2 Å². The van der Waals surface area contributed by atoms with Gasteiger partial charge in [0.1, 0.15) is 24.0 Å². The average Bonchev–Trinajstić information content (AvgIpc) is 2.30. The maximum absolute atomic E-state index is 13.3. The van der Waals surface area contributed by atoms with Crippen LogP contribution in [0.15, 0.2) is 42.5 Å². The fraction of sp³-hybridized carbons (Fsp3) is 0.0769. The molecule has 1 nitrogen and oxygen atoms in total. The summed E-state index contributed by atoms with van der Waals surface area (Å²) >= 11 is 5.77. The van der Waals surface area contributed by atoms with E-state index >= 15 is 0 Å². The van der Waals surface area contributed by atoms with E-state index in [-0.39, 0.29) is 12.2 Å². The number of halogens is 3. The minimum atomic E-state index is -0.492. The van der Waals surface area contributed by atoms with Gasteiger partial charge >= 0.3 is 0 Å². The highest BCUT2D eigenvalue weighted by Crippen LogP contribution is 2.19. The van der Waals surface area contributed by atoms with Gasteiger partial charge in [-0.1, -0.05) is 17.7 Å². The van der Waals surface area contributed by atoms with Crippen LogP contribution in [0.25, 0.3) is 0 Å². The van der Waals surface area contributed by atoms with Gasteiger partial charge in [-0.2, -0.15) is 0 Å². The van der Waals surface area contributed by atoms with Gasteiger partial charge in [0.25, 0.3) is 0 Å². The normalized spacial score (nSPS) is 10.3. The van der Waals surface area contributed by atoms with Gasteiger partial charge in [-0.3, -0.25) is 0 Å². The van der Waals surface area contributed by atoms with Crippen molar-refractivity contribution >= 4 is 11.6 Å². The van der Waals surface area contributed by atoms with Crippen LogP contribution in [0.3, 0.4) is 0 Å². The molecular formula is C13H9ClF2O. The lowest BCUT2D eigenvalue weighted by atomic mass is 10.2. The van der Waals surface area contributed by atoms with E-state index in [2.05, 4.69) is 0 Å². The van der Waals surface area contributed by atoms with Crippen molar-refractivity contribution in [3.8, 4) is 5.75 Å². The van der Waals surface area contributed by atoms with Crippen molar-refractivity contribution in [3.05, 3.63) is 64.7 Å². The zero-order valence-electron chi connectivity index (χ0n) is 8.79. The molecule has 17 heavy (non-hydrogen) atoms. The lowest BCUT2D eigenvalue weighted by Gasteiger charge is -2.07. The Labute approximate surface area is 103 Å². The van der Waals surface area contributed by atoms with E-state index < -0.39 is 11.6 Å². The molecule has 2 rings (SSSR count). The largest absolute Gasteiger partial charge is 0.489 e. The number of hydrogen-bond donors (Lipinski definition) is 0. The number of benzene rings is 2. The zero-order valence-corrected chi connectivity index (χ0v) is 9.55. The summed E-state index contributed by atoms with van der Waals surface area (Å²) in [5, 5.41) is 0.530. The lowest BCUT2D eigenvalue weighted by molar-refractivity contribution is 0.299. The summed E-state index contributed by atoms with van der Waals surface area (Å²) < 4.78 is 31.5. The van der Waals surface area contributed by atoms with Crippen LogP contribution in [0.4, 0.5) is 8.78 Å². The van der Waals surface area contributed by atoms with Crippen LogP contribution in [-0.2, 0) is 6.61 Å². The molecule has 0 saturated carbocycles. The maximum atomic E-state index is 13.3. The van der Waals surface area contributed by atoms with Crippen LogP contribution < -0.4 is 4.74 Å². The molecule has 0 aliphatic heterocycles. The van der Waals surface area contributed by atoms with Gasteiger partial charge in [0, 0.05) is 10.6 Å². The summed E-state index contributed by atoms with van der Waals surface area (Å²) in [4.78, 5) is 0. The molecule has 0 saturated heterocycles. The second kappa shape index (κ2) is 5.15. The highest BCUT2D eigenvalue weighted by atomic mass is 35.5. The summed E-state index contributed by atoms with van der Waals surface area (Å²) in [5.74, 6) is -0.467. The van der Waals surface area contributed by atoms with Gasteiger partial charge in [0.2, 0.25) is 0 Å². The van der Waals surface area contributed by atoms with Crippen molar-refractivity contribution in [2.75, 3.05) is 0 Å². The van der Waals surface area contributed by atoms with Crippen LogP contribution in [0, 0.1) is 11.6 Å². The molecule has 2 aromatic carbocycles. The molecule has 0 atom stereocenters. The Balaban J connectivity index is 2.09.